The van der Waals surface area contributed by atoms with Gasteiger partial charge in [-0.3, -0.25) is 4.79 Å². The molecule has 3 aromatic carbocycles. The number of para-hydroxylation sites is 1. The molecule has 1 unspecified atom stereocenters. The van der Waals surface area contributed by atoms with Gasteiger partial charge in [0.1, 0.15) is 5.69 Å². The topological polar surface area (TPSA) is 127 Å². The van der Waals surface area contributed by atoms with E-state index in [0.717, 1.165) is 58.9 Å². The van der Waals surface area contributed by atoms with Crippen LogP contribution in [0, 0.1) is 0 Å². The Bertz CT molecular complexity index is 2060. The number of benzene rings is 3. The number of aromatic nitrogens is 7. The Morgan fingerprint density at radius 1 is 0.771 bits per heavy atom. The van der Waals surface area contributed by atoms with Gasteiger partial charge < -0.3 is 19.9 Å². The lowest BCUT2D eigenvalue weighted by Gasteiger charge is -2.30. The molecule has 0 bridgehead atoms. The molecule has 8 rings (SSSR count). The molecule has 48 heavy (non-hydrogen) atoms. The summed E-state index contributed by atoms with van der Waals surface area (Å²) in [6, 6.07) is 23.5. The van der Waals surface area contributed by atoms with Crippen LogP contribution in [0.2, 0.25) is 0 Å². The van der Waals surface area contributed by atoms with Gasteiger partial charge in [0.25, 0.3) is 11.9 Å². The standard InChI is InChI=1S/C36H36N10O2/c1-24(32-23-46(43-42-32)36-40-34(44-16-7-2-8-17-44)39-35(41-36)45-18-20-48-21-19-45)37-33(47)29-22-31(38-30-15-6-5-13-28(29)30)27-14-9-11-25-10-3-4-12-26(25)27/h3-6,9-15,22-24H,2,7-8,16-21H2,1H3,(H,37,47). The van der Waals surface area contributed by atoms with Gasteiger partial charge in [-0.15, -0.1) is 5.10 Å². The van der Waals surface area contributed by atoms with Crippen molar-refractivity contribution in [2.45, 2.75) is 32.2 Å². The zero-order chi connectivity index (χ0) is 32.5. The van der Waals surface area contributed by atoms with E-state index in [9.17, 15) is 4.79 Å². The van der Waals surface area contributed by atoms with Crippen molar-refractivity contribution in [1.82, 2.24) is 40.2 Å². The number of nitrogens with zero attached hydrogens (tertiary/aromatic N) is 9. The molecule has 0 spiro atoms. The first kappa shape index (κ1) is 29.9. The molecule has 2 fully saturated rings. The Kier molecular flexibility index (Phi) is 8.07. The van der Waals surface area contributed by atoms with Gasteiger partial charge in [0.15, 0.2) is 0 Å². The minimum Gasteiger partial charge on any atom is -0.378 e. The number of nitrogens with one attached hydrogen (secondary N) is 1. The molecule has 242 valence electrons. The van der Waals surface area contributed by atoms with E-state index in [4.69, 9.17) is 24.7 Å². The van der Waals surface area contributed by atoms with E-state index in [1.807, 2.05) is 61.5 Å². The molecular formula is C36H36N10O2. The second-order valence-electron chi connectivity index (χ2n) is 12.3. The summed E-state index contributed by atoms with van der Waals surface area (Å²) in [7, 11) is 0. The highest BCUT2D eigenvalue weighted by molar-refractivity contribution is 6.08. The SMILES string of the molecule is CC(NC(=O)c1cc(-c2cccc3ccccc23)nc2ccccc12)c1cn(-c2nc(N3CCCCC3)nc(N3CCOCC3)n2)nn1. The zero-order valence-electron chi connectivity index (χ0n) is 26.8. The minimum absolute atomic E-state index is 0.223. The van der Waals surface area contributed by atoms with Gasteiger partial charge in [0.2, 0.25) is 11.9 Å². The van der Waals surface area contributed by atoms with Crippen LogP contribution in [0.4, 0.5) is 11.9 Å². The molecule has 2 aliphatic rings. The molecule has 1 N–H and O–H groups in total. The van der Waals surface area contributed by atoms with Crippen molar-refractivity contribution < 1.29 is 9.53 Å². The first-order chi connectivity index (χ1) is 23.6. The summed E-state index contributed by atoms with van der Waals surface area (Å²) >= 11 is 0. The lowest BCUT2D eigenvalue weighted by Crippen LogP contribution is -2.38. The number of carbonyl (C=O) groups is 1. The maximum Gasteiger partial charge on any atom is 0.258 e. The fourth-order valence-corrected chi connectivity index (χ4v) is 6.46. The number of hydrogen-bond donors (Lipinski definition) is 1. The van der Waals surface area contributed by atoms with Crippen LogP contribution in [-0.2, 0) is 4.74 Å². The molecule has 3 aromatic heterocycles. The van der Waals surface area contributed by atoms with Crippen LogP contribution < -0.4 is 15.1 Å². The molecule has 5 heterocycles. The maximum atomic E-state index is 14.0. The van der Waals surface area contributed by atoms with Crippen molar-refractivity contribution in [3.05, 3.63) is 90.3 Å². The average molecular weight is 641 g/mol. The average Bonchev–Trinajstić information content (AvgIpc) is 3.66. The van der Waals surface area contributed by atoms with Crippen LogP contribution >= 0.6 is 0 Å². The van der Waals surface area contributed by atoms with Gasteiger partial charge in [-0.25, -0.2) is 4.98 Å². The number of hydrogen-bond acceptors (Lipinski definition) is 10. The highest BCUT2D eigenvalue weighted by Crippen LogP contribution is 2.31. The molecule has 2 aliphatic heterocycles. The first-order valence-corrected chi connectivity index (χ1v) is 16.6. The predicted molar refractivity (Wildman–Crippen MR) is 184 cm³/mol. The van der Waals surface area contributed by atoms with Gasteiger partial charge in [-0.1, -0.05) is 65.9 Å². The van der Waals surface area contributed by atoms with E-state index in [1.165, 1.54) is 6.42 Å². The van der Waals surface area contributed by atoms with Crippen LogP contribution in [0.3, 0.4) is 0 Å². The summed E-state index contributed by atoms with van der Waals surface area (Å²) < 4.78 is 7.12. The molecule has 12 heteroatoms. The van der Waals surface area contributed by atoms with Crippen LogP contribution in [0.15, 0.2) is 79.0 Å². The number of piperidine rings is 1. The Hall–Kier alpha value is -5.49. The molecule has 0 aliphatic carbocycles. The lowest BCUT2D eigenvalue weighted by molar-refractivity contribution is 0.0940. The Morgan fingerprint density at radius 2 is 1.46 bits per heavy atom. The van der Waals surface area contributed by atoms with Crippen molar-refractivity contribution >= 4 is 39.5 Å². The van der Waals surface area contributed by atoms with Gasteiger partial charge in [0.05, 0.1) is 42.2 Å². The quantitative estimate of drug-likeness (QED) is 0.251. The fourth-order valence-electron chi connectivity index (χ4n) is 6.46. The van der Waals surface area contributed by atoms with E-state index in [2.05, 4.69) is 43.6 Å². The van der Waals surface area contributed by atoms with Gasteiger partial charge in [-0.05, 0) is 49.1 Å². The zero-order valence-corrected chi connectivity index (χ0v) is 26.8. The van der Waals surface area contributed by atoms with E-state index in [-0.39, 0.29) is 5.91 Å². The third-order valence-corrected chi connectivity index (χ3v) is 9.07. The van der Waals surface area contributed by atoms with E-state index in [1.54, 1.807) is 10.9 Å². The predicted octanol–water partition coefficient (Wildman–Crippen LogP) is 5.14. The molecule has 1 atom stereocenters. The molecule has 12 nitrogen and oxygen atoms in total. The number of carbonyl (C=O) groups excluding carboxylic acids is 1. The molecule has 0 radical (unpaired) electrons. The largest absolute Gasteiger partial charge is 0.378 e. The highest BCUT2D eigenvalue weighted by Gasteiger charge is 2.23. The third kappa shape index (κ3) is 5.90. The minimum atomic E-state index is -0.443. The van der Waals surface area contributed by atoms with Crippen molar-refractivity contribution in [3.8, 4) is 17.2 Å². The number of amides is 1. The fraction of sp³-hybridized carbons (Fsp3) is 0.306. The van der Waals surface area contributed by atoms with Crippen molar-refractivity contribution in [2.24, 2.45) is 0 Å². The Morgan fingerprint density at radius 3 is 2.27 bits per heavy atom. The second-order valence-corrected chi connectivity index (χ2v) is 12.3. The summed E-state index contributed by atoms with van der Waals surface area (Å²) in [5, 5.41) is 14.9. The van der Waals surface area contributed by atoms with Crippen molar-refractivity contribution in [1.29, 1.82) is 0 Å². The van der Waals surface area contributed by atoms with Crippen molar-refractivity contribution in [2.75, 3.05) is 49.2 Å². The second kappa shape index (κ2) is 13.0. The first-order valence-electron chi connectivity index (χ1n) is 16.6. The number of morpholine rings is 1. The molecule has 6 aromatic rings. The molecular weight excluding hydrogens is 604 g/mol. The van der Waals surface area contributed by atoms with E-state index in [0.29, 0.717) is 55.4 Å². The molecule has 0 saturated carbocycles. The molecule has 1 amide bonds. The van der Waals surface area contributed by atoms with Crippen LogP contribution in [-0.4, -0.2) is 80.2 Å². The highest BCUT2D eigenvalue weighted by atomic mass is 16.5. The summed E-state index contributed by atoms with van der Waals surface area (Å²) in [5.41, 5.74) is 3.60. The number of pyridine rings is 1. The Balaban J connectivity index is 1.09. The van der Waals surface area contributed by atoms with E-state index < -0.39 is 6.04 Å². The van der Waals surface area contributed by atoms with Crippen molar-refractivity contribution in [3.63, 3.8) is 0 Å². The third-order valence-electron chi connectivity index (χ3n) is 9.07. The summed E-state index contributed by atoms with van der Waals surface area (Å²) in [4.78, 5) is 37.7. The molecule has 2 saturated heterocycles. The lowest BCUT2D eigenvalue weighted by atomic mass is 9.99. The Labute approximate surface area is 277 Å². The van der Waals surface area contributed by atoms with Gasteiger partial charge in [0, 0.05) is 37.1 Å². The number of rotatable bonds is 7. The van der Waals surface area contributed by atoms with Crippen LogP contribution in [0.25, 0.3) is 38.9 Å². The summed E-state index contributed by atoms with van der Waals surface area (Å²) in [6.07, 6.45) is 5.19. The summed E-state index contributed by atoms with van der Waals surface area (Å²) in [6.45, 7) is 6.38. The van der Waals surface area contributed by atoms with E-state index >= 15 is 0 Å². The number of fused-ring (bicyclic) bond motifs is 2. The van der Waals surface area contributed by atoms with Crippen LogP contribution in [0.1, 0.15) is 48.3 Å². The monoisotopic (exact) mass is 640 g/mol. The van der Waals surface area contributed by atoms with Crippen LogP contribution in [0.5, 0.6) is 0 Å². The number of anilines is 2. The van der Waals surface area contributed by atoms with Gasteiger partial charge >= 0.3 is 0 Å². The smallest absolute Gasteiger partial charge is 0.258 e. The van der Waals surface area contributed by atoms with Gasteiger partial charge in [-0.2, -0.15) is 19.6 Å². The number of ether oxygens (including phenoxy) is 1. The summed E-state index contributed by atoms with van der Waals surface area (Å²) in [5.74, 6) is 1.42. The maximum absolute atomic E-state index is 14.0. The normalized spacial score (nSPS) is 15.9.